The standard InChI is InChI=1S/C15H22N4O5S/c1-16-15(20)7-10-17(2)13-6-5-12(19(21)22)11-14(13)25(23,24)18-8-3-4-9-18/h5-6,11H,3-4,7-10H2,1-2H3,(H,16,20). The largest absolute Gasteiger partial charge is 0.373 e. The first-order chi connectivity index (χ1) is 11.8. The van der Waals surface area contributed by atoms with Gasteiger partial charge in [0.05, 0.1) is 10.6 Å². The van der Waals surface area contributed by atoms with E-state index in [1.807, 2.05) is 0 Å². The summed E-state index contributed by atoms with van der Waals surface area (Å²) in [5.74, 6) is -0.169. The number of anilines is 1. The number of sulfonamides is 1. The Kier molecular flexibility index (Phi) is 5.96. The molecule has 1 aromatic carbocycles. The van der Waals surface area contributed by atoms with Crippen molar-refractivity contribution in [2.75, 3.05) is 38.6 Å². The minimum absolute atomic E-state index is 0.0944. The quantitative estimate of drug-likeness (QED) is 0.565. The number of hydrogen-bond donors (Lipinski definition) is 1. The Labute approximate surface area is 146 Å². The van der Waals surface area contributed by atoms with E-state index in [4.69, 9.17) is 0 Å². The highest BCUT2D eigenvalue weighted by Gasteiger charge is 2.31. The van der Waals surface area contributed by atoms with Crippen molar-refractivity contribution in [2.24, 2.45) is 0 Å². The van der Waals surface area contributed by atoms with Gasteiger partial charge in [-0.1, -0.05) is 0 Å². The van der Waals surface area contributed by atoms with Gasteiger partial charge in [-0.3, -0.25) is 14.9 Å². The summed E-state index contributed by atoms with van der Waals surface area (Å²) in [6.07, 6.45) is 1.74. The number of nitrogens with one attached hydrogen (secondary N) is 1. The molecule has 1 heterocycles. The third-order valence-corrected chi connectivity index (χ3v) is 6.13. The van der Waals surface area contributed by atoms with Gasteiger partial charge in [-0.25, -0.2) is 8.42 Å². The molecule has 10 heteroatoms. The molecule has 0 atom stereocenters. The lowest BCUT2D eigenvalue weighted by Gasteiger charge is -2.24. The van der Waals surface area contributed by atoms with E-state index >= 15 is 0 Å². The maximum atomic E-state index is 12.9. The number of nitro groups is 1. The number of rotatable bonds is 7. The lowest BCUT2D eigenvalue weighted by molar-refractivity contribution is -0.385. The van der Waals surface area contributed by atoms with Crippen LogP contribution in [0.3, 0.4) is 0 Å². The van der Waals surface area contributed by atoms with Crippen molar-refractivity contribution in [3.63, 3.8) is 0 Å². The van der Waals surface area contributed by atoms with E-state index in [2.05, 4.69) is 5.32 Å². The Morgan fingerprint density at radius 2 is 2.00 bits per heavy atom. The van der Waals surface area contributed by atoms with Crippen molar-refractivity contribution in [3.8, 4) is 0 Å². The highest BCUT2D eigenvalue weighted by Crippen LogP contribution is 2.32. The molecule has 0 saturated carbocycles. The molecule has 1 aliphatic rings. The van der Waals surface area contributed by atoms with Crippen molar-refractivity contribution in [2.45, 2.75) is 24.2 Å². The van der Waals surface area contributed by atoms with E-state index in [0.717, 1.165) is 18.9 Å². The number of non-ortho nitro benzene ring substituents is 1. The van der Waals surface area contributed by atoms with Crippen LogP contribution in [0.1, 0.15) is 19.3 Å². The number of nitro benzene ring substituents is 1. The minimum Gasteiger partial charge on any atom is -0.373 e. The molecule has 0 spiro atoms. The molecular formula is C15H22N4O5S. The molecule has 2 rings (SSSR count). The molecule has 1 aromatic rings. The molecule has 0 unspecified atom stereocenters. The summed E-state index contributed by atoms with van der Waals surface area (Å²) in [7, 11) is -0.643. The molecule has 1 amide bonds. The lowest BCUT2D eigenvalue weighted by Crippen LogP contribution is -2.31. The van der Waals surface area contributed by atoms with Crippen LogP contribution >= 0.6 is 0 Å². The topological polar surface area (TPSA) is 113 Å². The van der Waals surface area contributed by atoms with Crippen LogP contribution in [0.4, 0.5) is 11.4 Å². The first kappa shape index (κ1) is 19.1. The van der Waals surface area contributed by atoms with Crippen LogP contribution in [0, 0.1) is 10.1 Å². The fraction of sp³-hybridized carbons (Fsp3) is 0.533. The van der Waals surface area contributed by atoms with Gasteiger partial charge in [0.2, 0.25) is 15.9 Å². The van der Waals surface area contributed by atoms with Crippen molar-refractivity contribution in [1.82, 2.24) is 9.62 Å². The number of amides is 1. The molecule has 0 aliphatic carbocycles. The van der Waals surface area contributed by atoms with E-state index in [0.29, 0.717) is 25.3 Å². The van der Waals surface area contributed by atoms with Crippen molar-refractivity contribution in [3.05, 3.63) is 28.3 Å². The Morgan fingerprint density at radius 1 is 1.36 bits per heavy atom. The predicted molar refractivity (Wildman–Crippen MR) is 93.0 cm³/mol. The fourth-order valence-electron chi connectivity index (χ4n) is 2.72. The van der Waals surface area contributed by atoms with E-state index < -0.39 is 14.9 Å². The van der Waals surface area contributed by atoms with Crippen LogP contribution in [0.15, 0.2) is 23.1 Å². The number of nitrogens with zero attached hydrogens (tertiary/aromatic N) is 3. The van der Waals surface area contributed by atoms with E-state index in [1.54, 1.807) is 11.9 Å². The van der Waals surface area contributed by atoms with Crippen LogP contribution < -0.4 is 10.2 Å². The molecule has 0 radical (unpaired) electrons. The molecule has 0 aromatic heterocycles. The fourth-order valence-corrected chi connectivity index (χ4v) is 4.50. The molecule has 1 saturated heterocycles. The number of hydrogen-bond acceptors (Lipinski definition) is 6. The lowest BCUT2D eigenvalue weighted by atomic mass is 10.2. The van der Waals surface area contributed by atoms with Crippen LogP contribution in [0.5, 0.6) is 0 Å². The molecule has 0 bridgehead atoms. The predicted octanol–water partition coefficient (Wildman–Crippen LogP) is 0.952. The van der Waals surface area contributed by atoms with Crippen molar-refractivity contribution in [1.29, 1.82) is 0 Å². The average Bonchev–Trinajstić information content (AvgIpc) is 3.14. The maximum Gasteiger partial charge on any atom is 0.270 e. The summed E-state index contributed by atoms with van der Waals surface area (Å²) in [6, 6.07) is 3.79. The van der Waals surface area contributed by atoms with Gasteiger partial charge >= 0.3 is 0 Å². The highest BCUT2D eigenvalue weighted by molar-refractivity contribution is 7.89. The molecule has 1 aliphatic heterocycles. The molecule has 1 N–H and O–H groups in total. The van der Waals surface area contributed by atoms with E-state index in [-0.39, 0.29) is 22.9 Å². The van der Waals surface area contributed by atoms with Crippen molar-refractivity contribution < 1.29 is 18.1 Å². The van der Waals surface area contributed by atoms with Gasteiger partial charge in [0.1, 0.15) is 4.90 Å². The summed E-state index contributed by atoms with van der Waals surface area (Å²) in [5, 5.41) is 13.6. The van der Waals surface area contributed by atoms with Crippen LogP contribution in [0.25, 0.3) is 0 Å². The van der Waals surface area contributed by atoms with Gasteiger partial charge in [0.15, 0.2) is 0 Å². The first-order valence-electron chi connectivity index (χ1n) is 7.97. The summed E-state index contributed by atoms with van der Waals surface area (Å²) >= 11 is 0. The summed E-state index contributed by atoms with van der Waals surface area (Å²) < 4.78 is 27.2. The Morgan fingerprint density at radius 3 is 2.56 bits per heavy atom. The van der Waals surface area contributed by atoms with Gasteiger partial charge in [-0.2, -0.15) is 4.31 Å². The molecule has 138 valence electrons. The number of carbonyl (C=O) groups excluding carboxylic acids is 1. The summed E-state index contributed by atoms with van der Waals surface area (Å²) in [4.78, 5) is 23.4. The maximum absolute atomic E-state index is 12.9. The van der Waals surface area contributed by atoms with Crippen LogP contribution in [0.2, 0.25) is 0 Å². The third-order valence-electron chi connectivity index (χ3n) is 4.20. The third kappa shape index (κ3) is 4.26. The monoisotopic (exact) mass is 370 g/mol. The second-order valence-electron chi connectivity index (χ2n) is 5.87. The zero-order valence-electron chi connectivity index (χ0n) is 14.3. The summed E-state index contributed by atoms with van der Waals surface area (Å²) in [6.45, 7) is 1.11. The Hall–Kier alpha value is -2.20. The first-order valence-corrected chi connectivity index (χ1v) is 9.41. The number of benzene rings is 1. The van der Waals surface area contributed by atoms with Crippen molar-refractivity contribution >= 4 is 27.3 Å². The second-order valence-corrected chi connectivity index (χ2v) is 7.77. The van der Waals surface area contributed by atoms with Crippen LogP contribution in [-0.4, -0.2) is 57.3 Å². The second kappa shape index (κ2) is 7.79. The van der Waals surface area contributed by atoms with Crippen LogP contribution in [-0.2, 0) is 14.8 Å². The van der Waals surface area contributed by atoms with Gasteiger partial charge < -0.3 is 10.2 Å². The molecule has 1 fully saturated rings. The number of carbonyl (C=O) groups is 1. The van der Waals surface area contributed by atoms with Gasteiger partial charge in [0.25, 0.3) is 5.69 Å². The zero-order chi connectivity index (χ0) is 18.6. The van der Waals surface area contributed by atoms with E-state index in [1.165, 1.54) is 23.5 Å². The zero-order valence-corrected chi connectivity index (χ0v) is 15.1. The summed E-state index contributed by atoms with van der Waals surface area (Å²) in [5.41, 5.74) is 0.0719. The van der Waals surface area contributed by atoms with Gasteiger partial charge in [-0.05, 0) is 18.9 Å². The van der Waals surface area contributed by atoms with Gasteiger partial charge in [-0.15, -0.1) is 0 Å². The SMILES string of the molecule is CNC(=O)CCN(C)c1ccc([N+](=O)[O-])cc1S(=O)(=O)N1CCCC1. The molecule has 9 nitrogen and oxygen atoms in total. The highest BCUT2D eigenvalue weighted by atomic mass is 32.2. The molecular weight excluding hydrogens is 348 g/mol. The Balaban J connectivity index is 2.41. The van der Waals surface area contributed by atoms with E-state index in [9.17, 15) is 23.3 Å². The normalized spacial score (nSPS) is 15.1. The minimum atomic E-state index is -3.83. The Bertz CT molecular complexity index is 759. The average molecular weight is 370 g/mol. The smallest absolute Gasteiger partial charge is 0.270 e. The van der Waals surface area contributed by atoms with Gasteiger partial charge in [0, 0.05) is 52.3 Å². The molecule has 25 heavy (non-hydrogen) atoms.